The normalized spacial score (nSPS) is 11.2. The van der Waals surface area contributed by atoms with Gasteiger partial charge in [-0.25, -0.2) is 0 Å². The number of hydrogen-bond donors (Lipinski definition) is 0. The summed E-state index contributed by atoms with van der Waals surface area (Å²) in [5, 5.41) is 11.5. The van der Waals surface area contributed by atoms with Gasteiger partial charge in [-0.3, -0.25) is 4.68 Å². The van der Waals surface area contributed by atoms with Gasteiger partial charge in [0.25, 0.3) is 0 Å². The predicted molar refractivity (Wildman–Crippen MR) is 133 cm³/mol. The Labute approximate surface area is 205 Å². The lowest BCUT2D eigenvalue weighted by Crippen LogP contribution is -1.94. The summed E-state index contributed by atoms with van der Waals surface area (Å²) in [4.78, 5) is 6.58. The molecule has 0 saturated carbocycles. The summed E-state index contributed by atoms with van der Waals surface area (Å²) in [5.41, 5.74) is 3.43. The van der Waals surface area contributed by atoms with Crippen molar-refractivity contribution < 1.29 is 4.84 Å². The van der Waals surface area contributed by atoms with E-state index < -0.39 is 0 Å². The third-order valence-electron chi connectivity index (χ3n) is 4.61. The molecule has 3 aromatic carbocycles. The summed E-state index contributed by atoms with van der Waals surface area (Å²) in [6.45, 7) is 0.205. The quantitative estimate of drug-likeness (QED) is 0.191. The summed E-state index contributed by atoms with van der Waals surface area (Å²) in [7, 11) is 1.91. The lowest BCUT2D eigenvalue weighted by Gasteiger charge is -2.05. The van der Waals surface area contributed by atoms with E-state index in [2.05, 4.69) is 5.16 Å². The molecule has 1 aromatic heterocycles. The van der Waals surface area contributed by atoms with E-state index in [0.717, 1.165) is 32.3 Å². The molecule has 0 unspecified atom stereocenters. The molecule has 0 radical (unpaired) electrons. The highest BCUT2D eigenvalue weighted by atomic mass is 35.5. The fourth-order valence-corrected chi connectivity index (χ4v) is 4.47. The van der Waals surface area contributed by atoms with Gasteiger partial charge < -0.3 is 4.84 Å². The zero-order valence-corrected chi connectivity index (χ0v) is 20.1. The van der Waals surface area contributed by atoms with E-state index in [-0.39, 0.29) is 6.61 Å². The van der Waals surface area contributed by atoms with Gasteiger partial charge in [-0.2, -0.15) is 5.10 Å². The van der Waals surface area contributed by atoms with E-state index in [9.17, 15) is 0 Å². The van der Waals surface area contributed by atoms with E-state index in [4.69, 9.17) is 44.7 Å². The van der Waals surface area contributed by atoms with Crippen LogP contribution in [0.3, 0.4) is 0 Å². The van der Waals surface area contributed by atoms with Crippen molar-refractivity contribution in [3.05, 3.63) is 99.0 Å². The average Bonchev–Trinajstić information content (AvgIpc) is 3.11. The van der Waals surface area contributed by atoms with Crippen molar-refractivity contribution in [1.82, 2.24) is 9.78 Å². The minimum absolute atomic E-state index is 0.205. The molecule has 8 heteroatoms. The van der Waals surface area contributed by atoms with Crippen LogP contribution in [-0.4, -0.2) is 16.0 Å². The number of rotatable bonds is 7. The molecule has 0 bridgehead atoms. The average molecular weight is 503 g/mol. The Hall–Kier alpha value is -2.44. The van der Waals surface area contributed by atoms with Crippen LogP contribution in [0.1, 0.15) is 11.1 Å². The van der Waals surface area contributed by atoms with Crippen LogP contribution >= 0.6 is 46.6 Å². The first-order valence-corrected chi connectivity index (χ1v) is 11.6. The Kier molecular flexibility index (Phi) is 7.43. The van der Waals surface area contributed by atoms with Gasteiger partial charge in [-0.15, -0.1) is 0 Å². The number of aryl methyl sites for hydroxylation is 1. The van der Waals surface area contributed by atoms with E-state index in [1.807, 2.05) is 78.5 Å². The van der Waals surface area contributed by atoms with Crippen LogP contribution in [0.15, 0.2) is 87.9 Å². The van der Waals surface area contributed by atoms with Crippen LogP contribution in [0.5, 0.6) is 0 Å². The summed E-state index contributed by atoms with van der Waals surface area (Å²) >= 11 is 19.9. The second-order valence-electron chi connectivity index (χ2n) is 6.83. The van der Waals surface area contributed by atoms with Gasteiger partial charge in [0.2, 0.25) is 0 Å². The molecule has 4 aromatic rings. The van der Waals surface area contributed by atoms with Gasteiger partial charge in [0.05, 0.1) is 21.8 Å². The molecule has 0 amide bonds. The van der Waals surface area contributed by atoms with Crippen molar-refractivity contribution in [3.8, 4) is 11.3 Å². The number of oxime groups is 1. The second kappa shape index (κ2) is 10.5. The number of hydrogen-bond acceptors (Lipinski definition) is 4. The Morgan fingerprint density at radius 2 is 1.72 bits per heavy atom. The highest BCUT2D eigenvalue weighted by Gasteiger charge is 2.18. The van der Waals surface area contributed by atoms with Crippen molar-refractivity contribution in [3.63, 3.8) is 0 Å². The van der Waals surface area contributed by atoms with Crippen LogP contribution in [-0.2, 0) is 18.5 Å². The van der Waals surface area contributed by atoms with Crippen LogP contribution < -0.4 is 0 Å². The number of halogens is 3. The molecule has 0 aliphatic carbocycles. The fraction of sp³-hybridized carbons (Fsp3) is 0.0833. The first-order valence-electron chi connectivity index (χ1n) is 9.67. The highest BCUT2D eigenvalue weighted by molar-refractivity contribution is 7.99. The van der Waals surface area contributed by atoms with Gasteiger partial charge in [0, 0.05) is 28.1 Å². The van der Waals surface area contributed by atoms with Gasteiger partial charge in [0.15, 0.2) is 0 Å². The summed E-state index contributed by atoms with van der Waals surface area (Å²) < 4.78 is 1.84. The van der Waals surface area contributed by atoms with Crippen LogP contribution in [0.2, 0.25) is 15.1 Å². The lowest BCUT2D eigenvalue weighted by atomic mass is 10.1. The van der Waals surface area contributed by atoms with Crippen LogP contribution in [0.25, 0.3) is 11.3 Å². The second-order valence-corrected chi connectivity index (χ2v) is 9.12. The van der Waals surface area contributed by atoms with Gasteiger partial charge >= 0.3 is 0 Å². The monoisotopic (exact) mass is 501 g/mol. The molecular weight excluding hydrogens is 485 g/mol. The Balaban J connectivity index is 1.64. The van der Waals surface area contributed by atoms with Gasteiger partial charge in [-0.05, 0) is 30.3 Å². The molecule has 4 nitrogen and oxygen atoms in total. The number of benzene rings is 3. The van der Waals surface area contributed by atoms with Crippen LogP contribution in [0.4, 0.5) is 0 Å². The summed E-state index contributed by atoms with van der Waals surface area (Å²) in [6.07, 6.45) is 1.69. The fourth-order valence-electron chi connectivity index (χ4n) is 3.04. The largest absolute Gasteiger partial charge is 0.391 e. The van der Waals surface area contributed by atoms with E-state index in [1.165, 1.54) is 0 Å². The highest BCUT2D eigenvalue weighted by Crippen LogP contribution is 2.35. The Morgan fingerprint density at radius 1 is 0.969 bits per heavy atom. The number of aromatic nitrogens is 2. The van der Waals surface area contributed by atoms with Crippen molar-refractivity contribution in [2.75, 3.05) is 0 Å². The molecular formula is C24H18Cl3N3OS. The lowest BCUT2D eigenvalue weighted by molar-refractivity contribution is 0.132. The summed E-state index contributed by atoms with van der Waals surface area (Å²) in [5.74, 6) is 0. The topological polar surface area (TPSA) is 39.4 Å². The van der Waals surface area contributed by atoms with Crippen molar-refractivity contribution >= 4 is 52.8 Å². The standard InChI is InChI=1S/C24H18Cl3N3OS/c1-30-24(32-19-12-10-18(25)11-13-19)20(23(29-30)16-6-3-2-4-7-16)14-28-31-15-17-8-5-9-21(26)22(17)27/h2-14H,15H2,1H3/b28-14-. The molecule has 1 heterocycles. The first kappa shape index (κ1) is 22.7. The Morgan fingerprint density at radius 3 is 2.47 bits per heavy atom. The van der Waals surface area contributed by atoms with Crippen LogP contribution in [0, 0.1) is 0 Å². The molecule has 0 aliphatic heterocycles. The maximum atomic E-state index is 6.23. The molecule has 162 valence electrons. The molecule has 0 fully saturated rings. The predicted octanol–water partition coefficient (Wildman–Crippen LogP) is 7.75. The van der Waals surface area contributed by atoms with E-state index in [1.54, 1.807) is 24.0 Å². The third-order valence-corrected chi connectivity index (χ3v) is 6.91. The molecule has 32 heavy (non-hydrogen) atoms. The molecule has 0 atom stereocenters. The molecule has 0 aliphatic rings. The maximum Gasteiger partial charge on any atom is 0.143 e. The molecule has 0 spiro atoms. The molecule has 0 saturated heterocycles. The molecule has 0 N–H and O–H groups in total. The minimum atomic E-state index is 0.205. The van der Waals surface area contributed by atoms with E-state index in [0.29, 0.717) is 15.1 Å². The number of nitrogens with zero attached hydrogens (tertiary/aromatic N) is 3. The van der Waals surface area contributed by atoms with Crippen molar-refractivity contribution in [2.45, 2.75) is 16.5 Å². The third kappa shape index (κ3) is 5.30. The van der Waals surface area contributed by atoms with Crippen molar-refractivity contribution in [2.24, 2.45) is 12.2 Å². The maximum absolute atomic E-state index is 6.23. The SMILES string of the molecule is Cn1nc(-c2ccccc2)c(/C=N\OCc2cccc(Cl)c2Cl)c1Sc1ccc(Cl)cc1. The zero-order chi connectivity index (χ0) is 22.5. The smallest absolute Gasteiger partial charge is 0.143 e. The van der Waals surface area contributed by atoms with Gasteiger partial charge in [0.1, 0.15) is 17.3 Å². The molecule has 4 rings (SSSR count). The minimum Gasteiger partial charge on any atom is -0.391 e. The summed E-state index contributed by atoms with van der Waals surface area (Å²) in [6, 6.07) is 23.1. The Bertz CT molecular complexity index is 1240. The van der Waals surface area contributed by atoms with Crippen molar-refractivity contribution in [1.29, 1.82) is 0 Å². The first-order chi connectivity index (χ1) is 15.5. The van der Waals surface area contributed by atoms with E-state index >= 15 is 0 Å². The zero-order valence-electron chi connectivity index (χ0n) is 17.0. The van der Waals surface area contributed by atoms with Gasteiger partial charge in [-0.1, -0.05) is 94.2 Å².